The van der Waals surface area contributed by atoms with Gasteiger partial charge in [0.05, 0.1) is 11.9 Å². The molecule has 1 aliphatic heterocycles. The Balaban J connectivity index is 1.19. The Morgan fingerprint density at radius 3 is 2.53 bits per heavy atom. The van der Waals surface area contributed by atoms with Gasteiger partial charge in [0.15, 0.2) is 0 Å². The zero-order chi connectivity index (χ0) is 23.5. The maximum atomic E-state index is 12.2. The van der Waals surface area contributed by atoms with Crippen LogP contribution in [0.1, 0.15) is 16.1 Å². The maximum absolute atomic E-state index is 12.2. The highest BCUT2D eigenvalue weighted by atomic mass is 16.2. The molecule has 3 aromatic heterocycles. The van der Waals surface area contributed by atoms with E-state index in [4.69, 9.17) is 0 Å². The molecule has 1 saturated heterocycles. The summed E-state index contributed by atoms with van der Waals surface area (Å²) in [4.78, 5) is 35.0. The Bertz CT molecular complexity index is 1260. The van der Waals surface area contributed by atoms with Gasteiger partial charge in [-0.05, 0) is 23.8 Å². The molecule has 0 bridgehead atoms. The molecule has 1 amide bonds. The number of aromatic amines is 1. The van der Waals surface area contributed by atoms with Crippen molar-refractivity contribution in [3.8, 4) is 0 Å². The Morgan fingerprint density at radius 2 is 1.82 bits per heavy atom. The van der Waals surface area contributed by atoms with E-state index in [0.29, 0.717) is 23.1 Å². The number of nitrogens with one attached hydrogen (secondary N) is 2. The topological polar surface area (TPSA) is 93.3 Å². The van der Waals surface area contributed by atoms with E-state index >= 15 is 0 Å². The number of piperazine rings is 1. The van der Waals surface area contributed by atoms with Crippen LogP contribution in [0, 0.1) is 0 Å². The van der Waals surface area contributed by atoms with Crippen LogP contribution in [0.25, 0.3) is 11.0 Å². The molecule has 5 rings (SSSR count). The van der Waals surface area contributed by atoms with E-state index in [1.165, 1.54) is 10.5 Å². The molecule has 4 aromatic rings. The highest BCUT2D eigenvalue weighted by molar-refractivity contribution is 5.97. The molecular formula is C25H28N8O. The molecule has 0 saturated carbocycles. The highest BCUT2D eigenvalue weighted by Crippen LogP contribution is 2.21. The minimum atomic E-state index is -0.106. The van der Waals surface area contributed by atoms with Crippen molar-refractivity contribution in [3.63, 3.8) is 0 Å². The second-order valence-electron chi connectivity index (χ2n) is 8.66. The third-order valence-electron chi connectivity index (χ3n) is 5.98. The predicted octanol–water partition coefficient (Wildman–Crippen LogP) is 3.12. The van der Waals surface area contributed by atoms with Crippen molar-refractivity contribution in [1.82, 2.24) is 29.7 Å². The van der Waals surface area contributed by atoms with E-state index in [1.54, 1.807) is 26.4 Å². The molecule has 0 spiro atoms. The number of H-pyrrole nitrogens is 1. The predicted molar refractivity (Wildman–Crippen MR) is 133 cm³/mol. The summed E-state index contributed by atoms with van der Waals surface area (Å²) in [6.07, 6.45) is 3.58. The third kappa shape index (κ3) is 4.84. The molecule has 174 valence electrons. The third-order valence-corrected chi connectivity index (χ3v) is 5.98. The van der Waals surface area contributed by atoms with Crippen LogP contribution in [0.15, 0.2) is 60.9 Å². The largest absolute Gasteiger partial charge is 0.368 e. The molecule has 0 aliphatic carbocycles. The van der Waals surface area contributed by atoms with Crippen LogP contribution in [0.3, 0.4) is 0 Å². The standard InChI is InChI=1S/C25H28N8O/c1-31(2)24(34)21-14-19-15-27-25(30-23(19)28-21)29-22-9-8-20(16-26-22)33-12-10-32(11-13-33)17-18-6-4-3-5-7-18/h3-9,14-16H,10-13,17H2,1-2H3,(H2,26,27,28,29,30). The lowest BCUT2D eigenvalue weighted by molar-refractivity contribution is 0.0823. The smallest absolute Gasteiger partial charge is 0.269 e. The number of fused-ring (bicyclic) bond motifs is 1. The number of hydrogen-bond acceptors (Lipinski definition) is 7. The molecule has 1 aliphatic rings. The number of benzene rings is 1. The molecule has 4 heterocycles. The Kier molecular flexibility index (Phi) is 6.09. The van der Waals surface area contributed by atoms with Crippen molar-refractivity contribution in [2.75, 3.05) is 50.5 Å². The van der Waals surface area contributed by atoms with E-state index in [-0.39, 0.29) is 5.91 Å². The van der Waals surface area contributed by atoms with Gasteiger partial charge in [0, 0.05) is 58.4 Å². The van der Waals surface area contributed by atoms with Gasteiger partial charge >= 0.3 is 0 Å². The molecule has 1 fully saturated rings. The van der Waals surface area contributed by atoms with Gasteiger partial charge in [0.25, 0.3) is 5.91 Å². The molecule has 0 unspecified atom stereocenters. The van der Waals surface area contributed by atoms with Crippen LogP contribution in [0.5, 0.6) is 0 Å². The summed E-state index contributed by atoms with van der Waals surface area (Å²) in [6.45, 7) is 4.99. The summed E-state index contributed by atoms with van der Waals surface area (Å²) in [5, 5.41) is 3.93. The molecule has 34 heavy (non-hydrogen) atoms. The monoisotopic (exact) mass is 456 g/mol. The zero-order valence-corrected chi connectivity index (χ0v) is 19.4. The van der Waals surface area contributed by atoms with Crippen LogP contribution in [-0.4, -0.2) is 75.9 Å². The van der Waals surface area contributed by atoms with Gasteiger partial charge < -0.3 is 20.1 Å². The molecule has 9 heteroatoms. The fraction of sp³-hybridized carbons (Fsp3) is 0.280. The van der Waals surface area contributed by atoms with Crippen molar-refractivity contribution >= 4 is 34.4 Å². The molecule has 2 N–H and O–H groups in total. The van der Waals surface area contributed by atoms with Crippen molar-refractivity contribution < 1.29 is 4.79 Å². The normalized spacial score (nSPS) is 14.4. The quantitative estimate of drug-likeness (QED) is 0.460. The number of nitrogens with zero attached hydrogens (tertiary/aromatic N) is 6. The number of pyridine rings is 1. The van der Waals surface area contributed by atoms with Gasteiger partial charge in [-0.25, -0.2) is 9.97 Å². The van der Waals surface area contributed by atoms with Crippen molar-refractivity contribution in [3.05, 3.63) is 72.2 Å². The van der Waals surface area contributed by atoms with E-state index in [2.05, 4.69) is 71.5 Å². The number of hydrogen-bond donors (Lipinski definition) is 2. The molecule has 9 nitrogen and oxygen atoms in total. The Hall–Kier alpha value is -3.98. The summed E-state index contributed by atoms with van der Waals surface area (Å²) in [5.74, 6) is 0.987. The average Bonchev–Trinajstić information content (AvgIpc) is 3.28. The SMILES string of the molecule is CN(C)C(=O)c1cc2cnc(Nc3ccc(N4CCN(Cc5ccccc5)CC4)cn3)nc2[nH]1. The minimum Gasteiger partial charge on any atom is -0.368 e. The first-order valence-corrected chi connectivity index (χ1v) is 11.4. The maximum Gasteiger partial charge on any atom is 0.269 e. The van der Waals surface area contributed by atoms with Crippen molar-refractivity contribution in [2.24, 2.45) is 0 Å². The number of anilines is 3. The molecule has 1 aromatic carbocycles. The zero-order valence-electron chi connectivity index (χ0n) is 19.4. The summed E-state index contributed by atoms with van der Waals surface area (Å²) >= 11 is 0. The van der Waals surface area contributed by atoms with Crippen LogP contribution in [0.2, 0.25) is 0 Å². The van der Waals surface area contributed by atoms with Gasteiger partial charge in [-0.15, -0.1) is 0 Å². The molecule has 0 atom stereocenters. The van der Waals surface area contributed by atoms with Gasteiger partial charge in [-0.3, -0.25) is 9.69 Å². The first kappa shape index (κ1) is 21.8. The number of amides is 1. The second kappa shape index (κ2) is 9.48. The van der Waals surface area contributed by atoms with Crippen LogP contribution >= 0.6 is 0 Å². The fourth-order valence-electron chi connectivity index (χ4n) is 4.10. The second-order valence-corrected chi connectivity index (χ2v) is 8.66. The van der Waals surface area contributed by atoms with E-state index in [9.17, 15) is 4.79 Å². The van der Waals surface area contributed by atoms with Gasteiger partial charge in [-0.1, -0.05) is 30.3 Å². The number of carbonyl (C=O) groups excluding carboxylic acids is 1. The minimum absolute atomic E-state index is 0.106. The number of rotatable bonds is 6. The molecule has 0 radical (unpaired) electrons. The van der Waals surface area contributed by atoms with Gasteiger partial charge in [0.1, 0.15) is 17.2 Å². The summed E-state index contributed by atoms with van der Waals surface area (Å²) < 4.78 is 0. The summed E-state index contributed by atoms with van der Waals surface area (Å²) in [6, 6.07) is 16.4. The van der Waals surface area contributed by atoms with Gasteiger partial charge in [0.2, 0.25) is 5.95 Å². The lowest BCUT2D eigenvalue weighted by Gasteiger charge is -2.36. The summed E-state index contributed by atoms with van der Waals surface area (Å²) in [7, 11) is 3.43. The first-order chi connectivity index (χ1) is 16.5. The lowest BCUT2D eigenvalue weighted by atomic mass is 10.2. The first-order valence-electron chi connectivity index (χ1n) is 11.4. The van der Waals surface area contributed by atoms with E-state index in [0.717, 1.165) is 43.8 Å². The van der Waals surface area contributed by atoms with Crippen LogP contribution < -0.4 is 10.2 Å². The average molecular weight is 457 g/mol. The van der Waals surface area contributed by atoms with Crippen LogP contribution in [-0.2, 0) is 6.54 Å². The fourth-order valence-corrected chi connectivity index (χ4v) is 4.10. The van der Waals surface area contributed by atoms with Crippen molar-refractivity contribution in [2.45, 2.75) is 6.54 Å². The Labute approximate surface area is 198 Å². The highest BCUT2D eigenvalue weighted by Gasteiger charge is 2.18. The lowest BCUT2D eigenvalue weighted by Crippen LogP contribution is -2.46. The van der Waals surface area contributed by atoms with Crippen LogP contribution in [0.4, 0.5) is 17.5 Å². The van der Waals surface area contributed by atoms with E-state index in [1.807, 2.05) is 12.3 Å². The van der Waals surface area contributed by atoms with Crippen molar-refractivity contribution in [1.29, 1.82) is 0 Å². The molecular weight excluding hydrogens is 428 g/mol. The number of carbonyl (C=O) groups is 1. The van der Waals surface area contributed by atoms with Gasteiger partial charge in [-0.2, -0.15) is 4.98 Å². The Morgan fingerprint density at radius 1 is 1.03 bits per heavy atom. The van der Waals surface area contributed by atoms with E-state index < -0.39 is 0 Å². The summed E-state index contributed by atoms with van der Waals surface area (Å²) in [5.41, 5.74) is 3.55. The number of aromatic nitrogens is 4.